The monoisotopic (exact) mass is 267 g/mol. The van der Waals surface area contributed by atoms with Gasteiger partial charge in [0, 0.05) is 18.8 Å². The van der Waals surface area contributed by atoms with Gasteiger partial charge < -0.3 is 25.0 Å². The zero-order chi connectivity index (χ0) is 13.8. The summed E-state index contributed by atoms with van der Waals surface area (Å²) in [6.45, 7) is 2.79. The molecule has 3 N–H and O–H groups in total. The minimum atomic E-state index is -1.82. The van der Waals surface area contributed by atoms with E-state index in [2.05, 4.69) is 4.90 Å². The number of anilines is 1. The molecule has 1 fully saturated rings. The molecule has 0 bridgehead atoms. The molecule has 1 aromatic rings. The fourth-order valence-electron chi connectivity index (χ4n) is 2.04. The van der Waals surface area contributed by atoms with Crippen molar-refractivity contribution >= 4 is 11.7 Å². The number of aliphatic hydroxyl groups is 2. The predicted octanol–water partition coefficient (Wildman–Crippen LogP) is 0.00210. The smallest absolute Gasteiger partial charge is 0.335 e. The molecule has 2 unspecified atom stereocenters. The summed E-state index contributed by atoms with van der Waals surface area (Å²) in [6, 6.07) is 6.91. The van der Waals surface area contributed by atoms with Crippen molar-refractivity contribution in [3.05, 3.63) is 29.8 Å². The van der Waals surface area contributed by atoms with Crippen LogP contribution in [0.2, 0.25) is 0 Å². The van der Waals surface area contributed by atoms with Crippen molar-refractivity contribution in [2.45, 2.75) is 12.2 Å². The topological polar surface area (TPSA) is 90.2 Å². The van der Waals surface area contributed by atoms with Crippen LogP contribution >= 0.6 is 0 Å². The number of ether oxygens (including phenoxy) is 1. The number of carboxylic acid groups (broad SMARTS) is 1. The lowest BCUT2D eigenvalue weighted by Crippen LogP contribution is -2.36. The number of aliphatic hydroxyl groups excluding tert-OH is 2. The lowest BCUT2D eigenvalue weighted by molar-refractivity contribution is -0.153. The van der Waals surface area contributed by atoms with Crippen LogP contribution in [0.15, 0.2) is 24.3 Å². The Kier molecular flexibility index (Phi) is 4.36. The van der Waals surface area contributed by atoms with Crippen LogP contribution in [0.25, 0.3) is 0 Å². The Balaban J connectivity index is 2.16. The maximum absolute atomic E-state index is 10.7. The third-order valence-corrected chi connectivity index (χ3v) is 3.14. The van der Waals surface area contributed by atoms with E-state index >= 15 is 0 Å². The molecule has 1 saturated heterocycles. The Hall–Kier alpha value is -1.63. The van der Waals surface area contributed by atoms with Gasteiger partial charge in [-0.2, -0.15) is 0 Å². The highest BCUT2D eigenvalue weighted by Crippen LogP contribution is 2.23. The van der Waals surface area contributed by atoms with E-state index in [9.17, 15) is 15.0 Å². The molecule has 0 radical (unpaired) electrons. The molecule has 104 valence electrons. The van der Waals surface area contributed by atoms with Crippen LogP contribution < -0.4 is 4.90 Å². The summed E-state index contributed by atoms with van der Waals surface area (Å²) >= 11 is 0. The second kappa shape index (κ2) is 6.01. The molecule has 6 heteroatoms. The average Bonchev–Trinajstić information content (AvgIpc) is 2.46. The molecule has 0 amide bonds. The SMILES string of the molecule is O=C(O)C(O)C(O)c1cccc(N2CCOCC2)c1. The minimum Gasteiger partial charge on any atom is -0.479 e. The van der Waals surface area contributed by atoms with Crippen molar-refractivity contribution in [3.63, 3.8) is 0 Å². The average molecular weight is 267 g/mol. The maximum atomic E-state index is 10.7. The molecule has 1 aromatic carbocycles. The van der Waals surface area contributed by atoms with E-state index < -0.39 is 18.2 Å². The first kappa shape index (κ1) is 13.8. The second-order valence-electron chi connectivity index (χ2n) is 4.42. The first-order valence-corrected chi connectivity index (χ1v) is 6.11. The van der Waals surface area contributed by atoms with E-state index in [4.69, 9.17) is 9.84 Å². The van der Waals surface area contributed by atoms with Gasteiger partial charge in [-0.15, -0.1) is 0 Å². The Morgan fingerprint density at radius 3 is 2.58 bits per heavy atom. The fourth-order valence-corrected chi connectivity index (χ4v) is 2.04. The summed E-state index contributed by atoms with van der Waals surface area (Å²) in [7, 11) is 0. The number of aliphatic carboxylic acids is 1. The van der Waals surface area contributed by atoms with Gasteiger partial charge >= 0.3 is 5.97 Å². The summed E-state index contributed by atoms with van der Waals surface area (Å²) in [4.78, 5) is 12.8. The molecule has 0 aliphatic carbocycles. The van der Waals surface area contributed by atoms with Crippen molar-refractivity contribution in [2.75, 3.05) is 31.2 Å². The van der Waals surface area contributed by atoms with Crippen LogP contribution in [0.4, 0.5) is 5.69 Å². The summed E-state index contributed by atoms with van der Waals surface area (Å²) < 4.78 is 5.26. The fraction of sp³-hybridized carbons (Fsp3) is 0.462. The normalized spacial score (nSPS) is 18.9. The van der Waals surface area contributed by atoms with Gasteiger partial charge in [0.2, 0.25) is 0 Å². The molecule has 0 saturated carbocycles. The highest BCUT2D eigenvalue weighted by atomic mass is 16.5. The zero-order valence-electron chi connectivity index (χ0n) is 10.4. The Bertz CT molecular complexity index is 444. The van der Waals surface area contributed by atoms with Gasteiger partial charge in [-0.25, -0.2) is 4.79 Å². The van der Waals surface area contributed by atoms with Gasteiger partial charge in [0.05, 0.1) is 13.2 Å². The standard InChI is InChI=1S/C13H17NO5/c15-11(12(16)13(17)18)9-2-1-3-10(8-9)14-4-6-19-7-5-14/h1-3,8,11-12,15-16H,4-7H2,(H,17,18). The third-order valence-electron chi connectivity index (χ3n) is 3.14. The van der Waals surface area contributed by atoms with Gasteiger partial charge in [-0.1, -0.05) is 12.1 Å². The number of hydrogen-bond donors (Lipinski definition) is 3. The highest BCUT2D eigenvalue weighted by molar-refractivity contribution is 5.73. The molecule has 2 rings (SSSR count). The number of carbonyl (C=O) groups is 1. The van der Waals surface area contributed by atoms with E-state index in [1.165, 1.54) is 0 Å². The second-order valence-corrected chi connectivity index (χ2v) is 4.42. The Morgan fingerprint density at radius 1 is 1.26 bits per heavy atom. The van der Waals surface area contributed by atoms with Crippen LogP contribution in [-0.2, 0) is 9.53 Å². The molecule has 0 spiro atoms. The molecular weight excluding hydrogens is 250 g/mol. The van der Waals surface area contributed by atoms with Crippen molar-refractivity contribution in [1.82, 2.24) is 0 Å². The van der Waals surface area contributed by atoms with Crippen molar-refractivity contribution in [3.8, 4) is 0 Å². The summed E-state index contributed by atoms with van der Waals surface area (Å²) in [5.74, 6) is -1.44. The van der Waals surface area contributed by atoms with Gasteiger partial charge in [-0.3, -0.25) is 0 Å². The number of morpholine rings is 1. The van der Waals surface area contributed by atoms with Crippen LogP contribution in [-0.4, -0.2) is 53.7 Å². The first-order valence-electron chi connectivity index (χ1n) is 6.11. The zero-order valence-corrected chi connectivity index (χ0v) is 10.4. The van der Waals surface area contributed by atoms with Crippen molar-refractivity contribution in [2.24, 2.45) is 0 Å². The Labute approximate surface area is 110 Å². The molecule has 1 aliphatic heterocycles. The number of hydrogen-bond acceptors (Lipinski definition) is 5. The molecular formula is C13H17NO5. The summed E-state index contributed by atoms with van der Waals surface area (Å²) in [5.41, 5.74) is 1.27. The van der Waals surface area contributed by atoms with E-state index in [-0.39, 0.29) is 0 Å². The van der Waals surface area contributed by atoms with Crippen molar-refractivity contribution in [1.29, 1.82) is 0 Å². The predicted molar refractivity (Wildman–Crippen MR) is 68.1 cm³/mol. The van der Waals surface area contributed by atoms with Crippen LogP contribution in [0.3, 0.4) is 0 Å². The highest BCUT2D eigenvalue weighted by Gasteiger charge is 2.25. The van der Waals surface area contributed by atoms with E-state index in [0.717, 1.165) is 18.8 Å². The molecule has 1 aliphatic rings. The molecule has 2 atom stereocenters. The molecule has 0 aromatic heterocycles. The van der Waals surface area contributed by atoms with Gasteiger partial charge in [-0.05, 0) is 17.7 Å². The van der Waals surface area contributed by atoms with Gasteiger partial charge in [0.25, 0.3) is 0 Å². The Morgan fingerprint density at radius 2 is 1.95 bits per heavy atom. The number of rotatable bonds is 4. The van der Waals surface area contributed by atoms with Crippen LogP contribution in [0.5, 0.6) is 0 Å². The quantitative estimate of drug-likeness (QED) is 0.711. The lowest BCUT2D eigenvalue weighted by Gasteiger charge is -2.29. The third kappa shape index (κ3) is 3.23. The van der Waals surface area contributed by atoms with Gasteiger partial charge in [0.15, 0.2) is 6.10 Å². The molecule has 19 heavy (non-hydrogen) atoms. The van der Waals surface area contributed by atoms with E-state index in [1.807, 2.05) is 6.07 Å². The molecule has 6 nitrogen and oxygen atoms in total. The van der Waals surface area contributed by atoms with Crippen LogP contribution in [0, 0.1) is 0 Å². The van der Waals surface area contributed by atoms with Crippen LogP contribution in [0.1, 0.15) is 11.7 Å². The molecule has 1 heterocycles. The van der Waals surface area contributed by atoms with E-state index in [0.29, 0.717) is 18.8 Å². The summed E-state index contributed by atoms with van der Waals surface area (Å²) in [5, 5.41) is 27.9. The number of nitrogens with zero attached hydrogens (tertiary/aromatic N) is 1. The minimum absolute atomic E-state index is 0.388. The lowest BCUT2D eigenvalue weighted by atomic mass is 10.0. The maximum Gasteiger partial charge on any atom is 0.335 e. The largest absolute Gasteiger partial charge is 0.479 e. The van der Waals surface area contributed by atoms with Crippen molar-refractivity contribution < 1.29 is 24.9 Å². The number of carboxylic acids is 1. The summed E-state index contributed by atoms with van der Waals surface area (Å²) in [6.07, 6.45) is -3.25. The number of benzene rings is 1. The van der Waals surface area contributed by atoms with Gasteiger partial charge in [0.1, 0.15) is 6.10 Å². The van der Waals surface area contributed by atoms with E-state index in [1.54, 1.807) is 18.2 Å². The first-order chi connectivity index (χ1) is 9.09.